The fraction of sp³-hybridized carbons (Fsp3) is 0.556. The maximum atomic E-state index is 12.2. The van der Waals surface area contributed by atoms with Gasteiger partial charge in [0.15, 0.2) is 11.5 Å². The van der Waals surface area contributed by atoms with Crippen molar-refractivity contribution in [3.8, 4) is 11.5 Å². The van der Waals surface area contributed by atoms with E-state index in [1.807, 2.05) is 18.2 Å². The van der Waals surface area contributed by atoms with Crippen LogP contribution in [0.3, 0.4) is 0 Å². The van der Waals surface area contributed by atoms with E-state index in [-0.39, 0.29) is 31.3 Å². The average molecular weight is 366 g/mol. The van der Waals surface area contributed by atoms with Gasteiger partial charge in [0.1, 0.15) is 0 Å². The average Bonchev–Trinajstić information content (AvgIpc) is 3.26. The summed E-state index contributed by atoms with van der Waals surface area (Å²) in [6, 6.07) is 5.89. The molecule has 0 unspecified atom stereocenters. The molecule has 8 nitrogen and oxygen atoms in total. The van der Waals surface area contributed by atoms with Crippen molar-refractivity contribution in [2.75, 3.05) is 33.5 Å². The lowest BCUT2D eigenvalue weighted by Crippen LogP contribution is -2.43. The molecule has 0 saturated carbocycles. The Morgan fingerprint density at radius 2 is 2.12 bits per heavy atom. The van der Waals surface area contributed by atoms with E-state index in [1.54, 1.807) is 7.11 Å². The Bertz CT molecular complexity index is 609. The highest BCUT2D eigenvalue weighted by Gasteiger charge is 2.32. The first-order valence-corrected chi connectivity index (χ1v) is 8.62. The Balaban J connectivity index is 0.000000758. The van der Waals surface area contributed by atoms with Gasteiger partial charge in [0.2, 0.25) is 12.7 Å². The molecule has 0 radical (unpaired) electrons. The summed E-state index contributed by atoms with van der Waals surface area (Å²) in [5.41, 5.74) is 1.08. The second-order valence-electron chi connectivity index (χ2n) is 6.09. The van der Waals surface area contributed by atoms with Gasteiger partial charge in [-0.15, -0.1) is 0 Å². The van der Waals surface area contributed by atoms with Crippen molar-refractivity contribution in [1.29, 1.82) is 0 Å². The Morgan fingerprint density at radius 3 is 2.81 bits per heavy atom. The monoisotopic (exact) mass is 366 g/mol. The second kappa shape index (κ2) is 9.98. The van der Waals surface area contributed by atoms with Crippen molar-refractivity contribution in [3.63, 3.8) is 0 Å². The summed E-state index contributed by atoms with van der Waals surface area (Å²) in [5, 5.41) is 9.99. The molecule has 2 N–H and O–H groups in total. The number of likely N-dealkylation sites (N-methyl/N-ethyl adjacent to an activating group) is 1. The van der Waals surface area contributed by atoms with Crippen LogP contribution in [-0.4, -0.2) is 68.1 Å². The van der Waals surface area contributed by atoms with Gasteiger partial charge in [0.25, 0.3) is 6.47 Å². The van der Waals surface area contributed by atoms with Crippen LogP contribution < -0.4 is 14.8 Å². The minimum atomic E-state index is -0.250. The van der Waals surface area contributed by atoms with Gasteiger partial charge >= 0.3 is 0 Å². The quantitative estimate of drug-likeness (QED) is 0.722. The van der Waals surface area contributed by atoms with E-state index >= 15 is 0 Å². The van der Waals surface area contributed by atoms with E-state index in [1.165, 1.54) is 0 Å². The minimum Gasteiger partial charge on any atom is -0.483 e. The molecule has 2 aliphatic heterocycles. The van der Waals surface area contributed by atoms with Crippen molar-refractivity contribution in [2.24, 2.45) is 0 Å². The summed E-state index contributed by atoms with van der Waals surface area (Å²) in [6.07, 6.45) is 1.22. The smallest absolute Gasteiger partial charge is 0.290 e. The number of aryl methyl sites for hydroxylation is 1. The highest BCUT2D eigenvalue weighted by atomic mass is 16.7. The van der Waals surface area contributed by atoms with Gasteiger partial charge in [0, 0.05) is 26.6 Å². The molecule has 0 aromatic heterocycles. The third-order valence-corrected chi connectivity index (χ3v) is 4.52. The lowest BCUT2D eigenvalue weighted by Gasteiger charge is -2.18. The topological polar surface area (TPSA) is 97.3 Å². The number of nitrogens with one attached hydrogen (secondary N) is 1. The number of methoxy groups -OCH3 is 1. The predicted molar refractivity (Wildman–Crippen MR) is 94.4 cm³/mol. The van der Waals surface area contributed by atoms with Crippen molar-refractivity contribution in [2.45, 2.75) is 31.9 Å². The largest absolute Gasteiger partial charge is 0.483 e. The van der Waals surface area contributed by atoms with E-state index < -0.39 is 0 Å². The van der Waals surface area contributed by atoms with Crippen LogP contribution in [-0.2, 0) is 20.7 Å². The molecule has 2 aliphatic rings. The van der Waals surface area contributed by atoms with Crippen LogP contribution in [0.5, 0.6) is 11.5 Å². The van der Waals surface area contributed by atoms with Crippen LogP contribution in [0.2, 0.25) is 0 Å². The summed E-state index contributed by atoms with van der Waals surface area (Å²) in [5.74, 6) is 1.59. The van der Waals surface area contributed by atoms with Crippen molar-refractivity contribution >= 4 is 12.4 Å². The van der Waals surface area contributed by atoms with Crippen molar-refractivity contribution < 1.29 is 28.9 Å². The van der Waals surface area contributed by atoms with Crippen LogP contribution in [0.1, 0.15) is 18.9 Å². The van der Waals surface area contributed by atoms with Crippen LogP contribution in [0.25, 0.3) is 0 Å². The van der Waals surface area contributed by atoms with Crippen LogP contribution in [0.15, 0.2) is 18.2 Å². The Hall–Kier alpha value is -2.32. The molecule has 1 fully saturated rings. The number of likely N-dealkylation sites (tertiary alicyclic amines) is 1. The molecular formula is C18H26N2O6. The number of benzene rings is 1. The summed E-state index contributed by atoms with van der Waals surface area (Å²) < 4.78 is 16.1. The molecule has 0 bridgehead atoms. The number of amides is 1. The molecule has 0 aliphatic carbocycles. The molecule has 3 rings (SSSR count). The predicted octanol–water partition coefficient (Wildman–Crippen LogP) is 0.884. The van der Waals surface area contributed by atoms with E-state index in [0.29, 0.717) is 12.8 Å². The van der Waals surface area contributed by atoms with E-state index in [0.717, 1.165) is 36.7 Å². The summed E-state index contributed by atoms with van der Waals surface area (Å²) in [6.45, 7) is 4.85. The molecule has 0 spiro atoms. The highest BCUT2D eigenvalue weighted by molar-refractivity contribution is 5.76. The number of fused-ring (bicyclic) bond motifs is 1. The Morgan fingerprint density at radius 1 is 1.38 bits per heavy atom. The molecule has 2 heterocycles. The lowest BCUT2D eigenvalue weighted by atomic mass is 10.1. The lowest BCUT2D eigenvalue weighted by molar-refractivity contribution is -0.123. The first-order chi connectivity index (χ1) is 12.6. The van der Waals surface area contributed by atoms with Gasteiger partial charge in [-0.05, 0) is 30.7 Å². The van der Waals surface area contributed by atoms with E-state index in [9.17, 15) is 4.79 Å². The van der Waals surface area contributed by atoms with Crippen molar-refractivity contribution in [3.05, 3.63) is 23.8 Å². The van der Waals surface area contributed by atoms with Crippen LogP contribution >= 0.6 is 0 Å². The molecule has 1 amide bonds. The van der Waals surface area contributed by atoms with E-state index in [4.69, 9.17) is 24.1 Å². The third-order valence-electron chi connectivity index (χ3n) is 4.52. The first-order valence-electron chi connectivity index (χ1n) is 8.62. The molecule has 1 saturated heterocycles. The van der Waals surface area contributed by atoms with Gasteiger partial charge in [-0.3, -0.25) is 14.5 Å². The molecule has 8 heteroatoms. The molecular weight excluding hydrogens is 340 g/mol. The fourth-order valence-electron chi connectivity index (χ4n) is 3.12. The fourth-order valence-corrected chi connectivity index (χ4v) is 3.12. The number of hydrogen-bond donors (Lipinski definition) is 2. The molecule has 1 aromatic rings. The number of rotatable bonds is 6. The number of carbonyl (C=O) groups is 2. The maximum Gasteiger partial charge on any atom is 0.290 e. The van der Waals surface area contributed by atoms with Gasteiger partial charge in [-0.2, -0.15) is 0 Å². The van der Waals surface area contributed by atoms with Crippen molar-refractivity contribution in [1.82, 2.24) is 10.2 Å². The highest BCUT2D eigenvalue weighted by Crippen LogP contribution is 2.32. The van der Waals surface area contributed by atoms with Gasteiger partial charge in [0.05, 0.1) is 12.1 Å². The van der Waals surface area contributed by atoms with Gasteiger partial charge in [-0.1, -0.05) is 13.0 Å². The van der Waals surface area contributed by atoms with Gasteiger partial charge < -0.3 is 24.6 Å². The summed E-state index contributed by atoms with van der Waals surface area (Å²) in [7, 11) is 1.70. The van der Waals surface area contributed by atoms with Crippen LogP contribution in [0, 0.1) is 0 Å². The standard InChI is InChI=1S/C17H24N2O4.CH2O2/c1-3-19-9-13(16(10-19)21-2)18-17(20)7-5-12-4-6-14-15(8-12)23-11-22-14;2-1-3/h4,6,8,13,16H,3,5,7,9-11H2,1-2H3,(H,18,20);1H,(H,2,3)/t13-,16-;/m0./s1. The first kappa shape index (κ1) is 20.0. The molecule has 144 valence electrons. The number of ether oxygens (including phenoxy) is 3. The third kappa shape index (κ3) is 5.34. The maximum absolute atomic E-state index is 12.2. The number of carbonyl (C=O) groups excluding carboxylic acids is 1. The number of carboxylic acid groups (broad SMARTS) is 1. The zero-order valence-electron chi connectivity index (χ0n) is 15.1. The summed E-state index contributed by atoms with van der Waals surface area (Å²) >= 11 is 0. The number of hydrogen-bond acceptors (Lipinski definition) is 6. The van der Waals surface area contributed by atoms with Crippen LogP contribution in [0.4, 0.5) is 0 Å². The zero-order valence-corrected chi connectivity index (χ0v) is 15.1. The SMILES string of the molecule is CCN1C[C@H](NC(=O)CCc2ccc3c(c2)OCO3)[C@@H](OC)C1.O=CO. The normalized spacial score (nSPS) is 21.0. The van der Waals surface area contributed by atoms with Gasteiger partial charge in [-0.25, -0.2) is 0 Å². The Labute approximate surface area is 153 Å². The van der Waals surface area contributed by atoms with E-state index in [2.05, 4.69) is 17.1 Å². The summed E-state index contributed by atoms with van der Waals surface area (Å²) in [4.78, 5) is 22.9. The Kier molecular flexibility index (Phi) is 7.68. The molecule has 2 atom stereocenters. The zero-order chi connectivity index (χ0) is 18.9. The molecule has 26 heavy (non-hydrogen) atoms. The number of nitrogens with zero attached hydrogens (tertiary/aromatic N) is 1. The second-order valence-corrected chi connectivity index (χ2v) is 6.09. The minimum absolute atomic E-state index is 0.0627. The molecule has 1 aromatic carbocycles.